The average molecular weight is 380 g/mol. The van der Waals surface area contributed by atoms with Gasteiger partial charge in [-0.1, -0.05) is 45.9 Å². The van der Waals surface area contributed by atoms with Crippen molar-refractivity contribution in [1.82, 2.24) is 4.57 Å². The Kier molecular flexibility index (Phi) is 3.68. The van der Waals surface area contributed by atoms with Gasteiger partial charge in [0, 0.05) is 29.6 Å². The van der Waals surface area contributed by atoms with Crippen molar-refractivity contribution in [2.75, 3.05) is 0 Å². The number of carbonyl (C=O) groups excluding carboxylic acids is 1. The molecule has 1 aromatic carbocycles. The van der Waals surface area contributed by atoms with Crippen molar-refractivity contribution in [1.29, 1.82) is 0 Å². The van der Waals surface area contributed by atoms with E-state index in [-0.39, 0.29) is 28.3 Å². The van der Waals surface area contributed by atoms with Crippen LogP contribution in [0.1, 0.15) is 72.0 Å². The van der Waals surface area contributed by atoms with E-state index < -0.39 is 0 Å². The third-order valence-corrected chi connectivity index (χ3v) is 9.19. The van der Waals surface area contributed by atoms with E-state index in [0.29, 0.717) is 12.0 Å². The smallest absolute Gasteiger partial charge is 0.302 e. The number of carbonyl (C=O) groups is 1. The second-order valence-corrected chi connectivity index (χ2v) is 10.7. The highest BCUT2D eigenvalue weighted by atomic mass is 16.5. The first-order chi connectivity index (χ1) is 13.2. The number of para-hydroxylation sites is 1. The van der Waals surface area contributed by atoms with E-state index in [2.05, 4.69) is 62.6 Å². The van der Waals surface area contributed by atoms with Crippen molar-refractivity contribution in [3.05, 3.63) is 36.0 Å². The molecule has 1 aliphatic heterocycles. The fourth-order valence-electron chi connectivity index (χ4n) is 7.68. The fraction of sp³-hybridized carbons (Fsp3) is 0.640. The molecular formula is C25H33NO2. The highest BCUT2D eigenvalue weighted by Crippen LogP contribution is 2.70. The van der Waals surface area contributed by atoms with Crippen molar-refractivity contribution >= 4 is 16.9 Å². The Morgan fingerprint density at radius 3 is 2.57 bits per heavy atom. The summed E-state index contributed by atoms with van der Waals surface area (Å²) in [5, 5.41) is 1.38. The van der Waals surface area contributed by atoms with Gasteiger partial charge in [0.1, 0.15) is 6.10 Å². The van der Waals surface area contributed by atoms with Gasteiger partial charge in [0.25, 0.3) is 0 Å². The van der Waals surface area contributed by atoms with Crippen LogP contribution < -0.4 is 0 Å². The minimum atomic E-state index is -0.134. The number of nitrogens with zero attached hydrogens (tertiary/aromatic N) is 1. The van der Waals surface area contributed by atoms with E-state index in [4.69, 9.17) is 4.74 Å². The van der Waals surface area contributed by atoms with Gasteiger partial charge in [-0.2, -0.15) is 0 Å². The van der Waals surface area contributed by atoms with Crippen LogP contribution in [0.25, 0.3) is 10.9 Å². The van der Waals surface area contributed by atoms with Gasteiger partial charge >= 0.3 is 5.97 Å². The predicted molar refractivity (Wildman–Crippen MR) is 112 cm³/mol. The van der Waals surface area contributed by atoms with Crippen LogP contribution in [0.15, 0.2) is 30.3 Å². The van der Waals surface area contributed by atoms with Crippen molar-refractivity contribution in [2.24, 2.45) is 22.2 Å². The lowest BCUT2D eigenvalue weighted by Gasteiger charge is -2.64. The summed E-state index contributed by atoms with van der Waals surface area (Å²) in [5.74, 6) is 0.445. The summed E-state index contributed by atoms with van der Waals surface area (Å²) < 4.78 is 8.47. The van der Waals surface area contributed by atoms with Crippen LogP contribution in [-0.2, 0) is 16.0 Å². The van der Waals surface area contributed by atoms with Crippen LogP contribution in [0.3, 0.4) is 0 Å². The molecule has 0 saturated heterocycles. The number of aromatic nitrogens is 1. The van der Waals surface area contributed by atoms with Gasteiger partial charge in [-0.25, -0.2) is 0 Å². The van der Waals surface area contributed by atoms with Crippen LogP contribution in [0.2, 0.25) is 0 Å². The lowest BCUT2D eigenvalue weighted by atomic mass is 9.41. The normalized spacial score (nSPS) is 38.5. The number of esters is 1. The van der Waals surface area contributed by atoms with Crippen LogP contribution in [0, 0.1) is 22.2 Å². The maximum atomic E-state index is 11.7. The molecule has 0 unspecified atom stereocenters. The molecular weight excluding hydrogens is 346 g/mol. The molecule has 0 bridgehead atoms. The molecule has 2 aromatic rings. The largest absolute Gasteiger partial charge is 0.462 e. The van der Waals surface area contributed by atoms with Gasteiger partial charge in [-0.05, 0) is 66.4 Å². The highest BCUT2D eigenvalue weighted by Gasteiger charge is 2.65. The van der Waals surface area contributed by atoms with E-state index in [0.717, 1.165) is 19.3 Å². The topological polar surface area (TPSA) is 31.2 Å². The first-order valence-corrected chi connectivity index (χ1v) is 10.9. The SMILES string of the molecule is CC(=O)O[C@H]1CC[C@]2(C)[C@H](CC[C@H]3n4c(cc5ccccc54)C[C@]32C)C1(C)C. The lowest BCUT2D eigenvalue weighted by Crippen LogP contribution is -2.60. The van der Waals surface area contributed by atoms with Crippen LogP contribution in [0.5, 0.6) is 0 Å². The minimum Gasteiger partial charge on any atom is -0.462 e. The third-order valence-electron chi connectivity index (χ3n) is 9.19. The van der Waals surface area contributed by atoms with E-state index >= 15 is 0 Å². The van der Waals surface area contributed by atoms with Crippen LogP contribution in [0.4, 0.5) is 0 Å². The molecule has 0 N–H and O–H groups in total. The summed E-state index contributed by atoms with van der Waals surface area (Å²) >= 11 is 0. The zero-order valence-corrected chi connectivity index (χ0v) is 17.9. The van der Waals surface area contributed by atoms with E-state index in [1.807, 2.05) is 0 Å². The summed E-state index contributed by atoms with van der Waals surface area (Å²) in [7, 11) is 0. The molecule has 0 spiro atoms. The number of benzene rings is 1. The van der Waals surface area contributed by atoms with E-state index in [1.54, 1.807) is 6.92 Å². The Morgan fingerprint density at radius 1 is 1.07 bits per heavy atom. The Labute approximate surface area is 168 Å². The monoisotopic (exact) mass is 379 g/mol. The molecule has 3 heteroatoms. The van der Waals surface area contributed by atoms with Gasteiger partial charge in [-0.3, -0.25) is 4.79 Å². The second-order valence-electron chi connectivity index (χ2n) is 10.7. The van der Waals surface area contributed by atoms with Crippen molar-refractivity contribution in [2.45, 2.75) is 78.9 Å². The lowest BCUT2D eigenvalue weighted by molar-refractivity contribution is -0.195. The van der Waals surface area contributed by atoms with Gasteiger partial charge < -0.3 is 9.30 Å². The zero-order chi connectivity index (χ0) is 19.9. The molecule has 2 aliphatic carbocycles. The molecule has 0 radical (unpaired) electrons. The van der Waals surface area contributed by atoms with Crippen LogP contribution >= 0.6 is 0 Å². The third kappa shape index (κ3) is 2.14. The molecule has 5 rings (SSSR count). The molecule has 0 amide bonds. The number of rotatable bonds is 1. The number of fused-ring (bicyclic) bond motifs is 7. The summed E-state index contributed by atoms with van der Waals surface area (Å²) in [6, 6.07) is 11.9. The Hall–Kier alpha value is -1.77. The average Bonchev–Trinajstić information content (AvgIpc) is 3.11. The van der Waals surface area contributed by atoms with Crippen molar-refractivity contribution in [3.8, 4) is 0 Å². The standard InChI is InChI=1S/C25H33NO2/c1-16(27)28-22-12-13-24(4)20(23(22,2)3)10-11-21-25(24,5)15-18-14-17-8-6-7-9-19(17)26(18)21/h6-9,14,20-22H,10-13,15H2,1-5H3/t20-,21-,22+,24-,25-/m1/s1. The Morgan fingerprint density at radius 2 is 1.82 bits per heavy atom. The van der Waals surface area contributed by atoms with E-state index in [9.17, 15) is 4.79 Å². The fourth-order valence-corrected chi connectivity index (χ4v) is 7.68. The molecule has 2 saturated carbocycles. The number of hydrogen-bond acceptors (Lipinski definition) is 2. The van der Waals surface area contributed by atoms with Gasteiger partial charge in [0.15, 0.2) is 0 Å². The molecule has 150 valence electrons. The Balaban J connectivity index is 1.56. The quantitative estimate of drug-likeness (QED) is 0.577. The van der Waals surface area contributed by atoms with Crippen molar-refractivity contribution in [3.63, 3.8) is 0 Å². The summed E-state index contributed by atoms with van der Waals surface area (Å²) in [5.41, 5.74) is 3.45. The second kappa shape index (κ2) is 5.64. The van der Waals surface area contributed by atoms with Gasteiger partial charge in [0.2, 0.25) is 0 Å². The first kappa shape index (κ1) is 18.3. The summed E-state index contributed by atoms with van der Waals surface area (Å²) in [4.78, 5) is 11.7. The molecule has 1 aromatic heterocycles. The first-order valence-electron chi connectivity index (χ1n) is 10.9. The summed E-state index contributed by atoms with van der Waals surface area (Å²) in [6.45, 7) is 11.3. The molecule has 28 heavy (non-hydrogen) atoms. The molecule has 2 fully saturated rings. The molecule has 5 atom stereocenters. The molecule has 3 aliphatic rings. The number of hydrogen-bond donors (Lipinski definition) is 0. The Bertz CT molecular complexity index is 957. The van der Waals surface area contributed by atoms with Gasteiger partial charge in [-0.15, -0.1) is 0 Å². The van der Waals surface area contributed by atoms with Crippen LogP contribution in [-0.4, -0.2) is 16.6 Å². The highest BCUT2D eigenvalue weighted by molar-refractivity contribution is 5.82. The minimum absolute atomic E-state index is 0.0198. The molecule has 3 nitrogen and oxygen atoms in total. The molecule has 2 heterocycles. The summed E-state index contributed by atoms with van der Waals surface area (Å²) in [6.07, 6.45) is 5.77. The number of ether oxygens (including phenoxy) is 1. The van der Waals surface area contributed by atoms with E-state index in [1.165, 1.54) is 29.4 Å². The zero-order valence-electron chi connectivity index (χ0n) is 17.9. The van der Waals surface area contributed by atoms with Crippen molar-refractivity contribution < 1.29 is 9.53 Å². The maximum Gasteiger partial charge on any atom is 0.302 e. The van der Waals surface area contributed by atoms with Gasteiger partial charge in [0.05, 0.1) is 0 Å². The predicted octanol–water partition coefficient (Wildman–Crippen LogP) is 5.91. The maximum absolute atomic E-state index is 11.7.